The number of carbonyl (C=O) groups excluding carboxylic acids is 1. The number of nitro groups is 1. The highest BCUT2D eigenvalue weighted by Gasteiger charge is 2.51. The van der Waals surface area contributed by atoms with Crippen LogP contribution in [-0.4, -0.2) is 43.6 Å². The molecule has 3 aromatic carbocycles. The van der Waals surface area contributed by atoms with Crippen LogP contribution >= 0.6 is 0 Å². The summed E-state index contributed by atoms with van der Waals surface area (Å²) >= 11 is 0. The molecule has 8 heteroatoms. The number of benzene rings is 3. The summed E-state index contributed by atoms with van der Waals surface area (Å²) in [5.74, 6) is -0.517. The van der Waals surface area contributed by atoms with Crippen molar-refractivity contribution < 1.29 is 24.0 Å². The standard InChI is InChI=1S/C29H35NO6Si/c1-29(2,3)37(26-13-6-4-7-14-26,27-15-8-5-9-16-27)36-25(22-31)12-10-11-21-35-28(32)23-17-19-24(20-18-23)30(33)34/h4-9,13-20,25,31H,10-12,21-22H2,1-3H3/t25-/m0/s1. The summed E-state index contributed by atoms with van der Waals surface area (Å²) in [5, 5.41) is 23.2. The van der Waals surface area contributed by atoms with Gasteiger partial charge < -0.3 is 14.3 Å². The minimum Gasteiger partial charge on any atom is -0.462 e. The molecule has 1 N–H and O–H groups in total. The Morgan fingerprint density at radius 3 is 1.92 bits per heavy atom. The van der Waals surface area contributed by atoms with Crippen molar-refractivity contribution in [3.8, 4) is 0 Å². The van der Waals surface area contributed by atoms with Crippen molar-refractivity contribution in [3.63, 3.8) is 0 Å². The fourth-order valence-corrected chi connectivity index (χ4v) is 9.28. The van der Waals surface area contributed by atoms with E-state index in [-0.39, 0.29) is 35.6 Å². The minimum atomic E-state index is -2.77. The lowest BCUT2D eigenvalue weighted by molar-refractivity contribution is -0.384. The number of ether oxygens (including phenoxy) is 1. The van der Waals surface area contributed by atoms with Crippen molar-refractivity contribution in [3.05, 3.63) is 101 Å². The summed E-state index contributed by atoms with van der Waals surface area (Å²) in [4.78, 5) is 22.5. The highest BCUT2D eigenvalue weighted by molar-refractivity contribution is 6.99. The van der Waals surface area contributed by atoms with Gasteiger partial charge in [-0.2, -0.15) is 0 Å². The Balaban J connectivity index is 1.65. The molecule has 7 nitrogen and oxygen atoms in total. The molecule has 0 unspecified atom stereocenters. The Kier molecular flexibility index (Phi) is 9.74. The topological polar surface area (TPSA) is 98.9 Å². The number of nitro benzene ring substituents is 1. The molecule has 3 aromatic rings. The summed E-state index contributed by atoms with van der Waals surface area (Å²) in [7, 11) is -2.77. The molecule has 0 aliphatic carbocycles. The summed E-state index contributed by atoms with van der Waals surface area (Å²) in [6.07, 6.45) is 1.57. The second-order valence-corrected chi connectivity index (χ2v) is 14.3. The van der Waals surface area contributed by atoms with Crippen LogP contribution in [0.15, 0.2) is 84.9 Å². The van der Waals surface area contributed by atoms with E-state index in [1.807, 2.05) is 36.4 Å². The van der Waals surface area contributed by atoms with Gasteiger partial charge in [-0.1, -0.05) is 81.4 Å². The molecule has 0 radical (unpaired) electrons. The SMILES string of the molecule is CC(C)(C)[Si](O[C@H](CO)CCCCOC(=O)c1ccc([N+](=O)[O-])cc1)(c1ccccc1)c1ccccc1. The van der Waals surface area contributed by atoms with Crippen molar-refractivity contribution in [2.24, 2.45) is 0 Å². The molecule has 0 saturated carbocycles. The van der Waals surface area contributed by atoms with Gasteiger partial charge >= 0.3 is 5.97 Å². The van der Waals surface area contributed by atoms with Gasteiger partial charge in [0.2, 0.25) is 0 Å². The Bertz CT molecular complexity index is 1110. The number of aliphatic hydroxyl groups is 1. The van der Waals surface area contributed by atoms with Gasteiger partial charge in [-0.05, 0) is 46.8 Å². The van der Waals surface area contributed by atoms with E-state index in [0.717, 1.165) is 10.4 Å². The number of non-ortho nitro benzene ring substituents is 1. The third-order valence-corrected chi connectivity index (χ3v) is 11.5. The lowest BCUT2D eigenvalue weighted by atomic mass is 10.1. The number of esters is 1. The Morgan fingerprint density at radius 2 is 1.46 bits per heavy atom. The molecule has 3 rings (SSSR count). The Morgan fingerprint density at radius 1 is 0.919 bits per heavy atom. The number of nitrogens with zero attached hydrogens (tertiary/aromatic N) is 1. The zero-order valence-corrected chi connectivity index (χ0v) is 22.6. The number of hydrogen-bond donors (Lipinski definition) is 1. The second kappa shape index (κ2) is 12.8. The molecule has 0 amide bonds. The van der Waals surface area contributed by atoms with Crippen LogP contribution in [0, 0.1) is 10.1 Å². The van der Waals surface area contributed by atoms with E-state index in [0.29, 0.717) is 19.3 Å². The van der Waals surface area contributed by atoms with Gasteiger partial charge in [0.25, 0.3) is 14.0 Å². The van der Waals surface area contributed by atoms with Crippen LogP contribution in [-0.2, 0) is 9.16 Å². The Hall–Kier alpha value is -3.33. The second-order valence-electron chi connectivity index (χ2n) is 10.0. The van der Waals surface area contributed by atoms with E-state index in [4.69, 9.17) is 9.16 Å². The number of unbranched alkanes of at least 4 members (excludes halogenated alkanes) is 1. The first-order chi connectivity index (χ1) is 17.7. The molecule has 0 aliphatic heterocycles. The van der Waals surface area contributed by atoms with Crippen molar-refractivity contribution >= 4 is 30.3 Å². The van der Waals surface area contributed by atoms with E-state index in [1.165, 1.54) is 24.3 Å². The van der Waals surface area contributed by atoms with Gasteiger partial charge in [0.15, 0.2) is 0 Å². The van der Waals surface area contributed by atoms with Crippen molar-refractivity contribution in [2.75, 3.05) is 13.2 Å². The largest absolute Gasteiger partial charge is 0.462 e. The van der Waals surface area contributed by atoms with Crippen molar-refractivity contribution in [2.45, 2.75) is 51.2 Å². The summed E-state index contributed by atoms with van der Waals surface area (Å²) in [6.45, 7) is 6.71. The lowest BCUT2D eigenvalue weighted by Crippen LogP contribution is -2.68. The fraction of sp³-hybridized carbons (Fsp3) is 0.345. The number of carbonyl (C=O) groups is 1. The predicted molar refractivity (Wildman–Crippen MR) is 147 cm³/mol. The van der Waals surface area contributed by atoms with Crippen LogP contribution in [0.5, 0.6) is 0 Å². The maximum atomic E-state index is 12.2. The average molecular weight is 522 g/mol. The van der Waals surface area contributed by atoms with Crippen LogP contribution < -0.4 is 10.4 Å². The monoisotopic (exact) mass is 521 g/mol. The molecule has 0 spiro atoms. The molecule has 1 atom stereocenters. The smallest absolute Gasteiger partial charge is 0.338 e. The predicted octanol–water partition coefficient (Wildman–Crippen LogP) is 4.86. The van der Waals surface area contributed by atoms with Crippen molar-refractivity contribution in [1.29, 1.82) is 0 Å². The Labute approximate surface area is 219 Å². The van der Waals surface area contributed by atoms with Gasteiger partial charge in [-0.15, -0.1) is 0 Å². The first-order valence-corrected chi connectivity index (χ1v) is 14.4. The number of hydrogen-bond acceptors (Lipinski definition) is 6. The van der Waals surface area contributed by atoms with E-state index in [1.54, 1.807) is 0 Å². The van der Waals surface area contributed by atoms with Gasteiger partial charge in [0, 0.05) is 12.1 Å². The van der Waals surface area contributed by atoms with Crippen molar-refractivity contribution in [1.82, 2.24) is 0 Å². The highest BCUT2D eigenvalue weighted by atomic mass is 28.4. The maximum absolute atomic E-state index is 12.2. The van der Waals surface area contributed by atoms with E-state index in [9.17, 15) is 20.0 Å². The molecule has 0 aliphatic rings. The third kappa shape index (κ3) is 6.91. The summed E-state index contributed by atoms with van der Waals surface area (Å²) in [6, 6.07) is 25.9. The van der Waals surface area contributed by atoms with Crippen LogP contribution in [0.25, 0.3) is 0 Å². The molecule has 0 heterocycles. The average Bonchev–Trinajstić information content (AvgIpc) is 2.90. The third-order valence-electron chi connectivity index (χ3n) is 6.43. The molecule has 0 fully saturated rings. The van der Waals surface area contributed by atoms with Gasteiger partial charge in [0.1, 0.15) is 0 Å². The zero-order chi connectivity index (χ0) is 26.9. The van der Waals surface area contributed by atoms with Gasteiger partial charge in [-0.3, -0.25) is 10.1 Å². The maximum Gasteiger partial charge on any atom is 0.338 e. The summed E-state index contributed by atoms with van der Waals surface area (Å²) in [5.41, 5.74) is 0.196. The van der Waals surface area contributed by atoms with Crippen LogP contribution in [0.2, 0.25) is 5.04 Å². The number of aliphatic hydroxyl groups excluding tert-OH is 1. The molecular formula is C29H35NO6Si. The summed E-state index contributed by atoms with van der Waals surface area (Å²) < 4.78 is 12.3. The molecule has 0 saturated heterocycles. The van der Waals surface area contributed by atoms with Crippen LogP contribution in [0.1, 0.15) is 50.4 Å². The molecule has 37 heavy (non-hydrogen) atoms. The van der Waals surface area contributed by atoms with E-state index < -0.39 is 19.2 Å². The fourth-order valence-electron chi connectivity index (χ4n) is 4.57. The quantitative estimate of drug-likeness (QED) is 0.120. The molecule has 0 bridgehead atoms. The normalized spacial score (nSPS) is 12.6. The van der Waals surface area contributed by atoms with Crippen LogP contribution in [0.4, 0.5) is 5.69 Å². The van der Waals surface area contributed by atoms with Crippen LogP contribution in [0.3, 0.4) is 0 Å². The molecule has 196 valence electrons. The van der Waals surface area contributed by atoms with Gasteiger partial charge in [-0.25, -0.2) is 4.79 Å². The first kappa shape index (κ1) is 28.2. The minimum absolute atomic E-state index is 0.0764. The van der Waals surface area contributed by atoms with E-state index >= 15 is 0 Å². The number of rotatable bonds is 12. The first-order valence-electron chi connectivity index (χ1n) is 12.5. The highest BCUT2D eigenvalue weighted by Crippen LogP contribution is 2.38. The lowest BCUT2D eigenvalue weighted by Gasteiger charge is -2.45. The zero-order valence-electron chi connectivity index (χ0n) is 21.6. The molecular weight excluding hydrogens is 486 g/mol. The van der Waals surface area contributed by atoms with E-state index in [2.05, 4.69) is 45.0 Å². The molecule has 0 aromatic heterocycles. The van der Waals surface area contributed by atoms with Gasteiger partial charge in [0.05, 0.1) is 29.8 Å².